The number of aliphatic hydroxyl groups excluding tert-OH is 1. The molecule has 1 radical (unpaired) electrons. The maximum Gasteiger partial charge on any atom is 0.269 e. The maximum atomic E-state index is 10.3. The van der Waals surface area contributed by atoms with Crippen LogP contribution < -0.4 is 0 Å². The SMILES string of the molecule is O=[N+]([O-])c1cccc([CH]CO)c1. The van der Waals surface area contributed by atoms with Crippen molar-refractivity contribution in [3.8, 4) is 0 Å². The molecule has 0 amide bonds. The molecule has 0 bridgehead atoms. The second-order valence-corrected chi connectivity index (χ2v) is 2.24. The largest absolute Gasteiger partial charge is 0.396 e. The predicted molar refractivity (Wildman–Crippen MR) is 43.6 cm³/mol. The average molecular weight is 166 g/mol. The first-order valence-electron chi connectivity index (χ1n) is 3.42. The molecule has 0 aliphatic rings. The van der Waals surface area contributed by atoms with Crippen LogP contribution in [0.3, 0.4) is 0 Å². The smallest absolute Gasteiger partial charge is 0.269 e. The number of hydrogen-bond donors (Lipinski definition) is 1. The summed E-state index contributed by atoms with van der Waals surface area (Å²) in [7, 11) is 0. The first-order chi connectivity index (χ1) is 5.74. The van der Waals surface area contributed by atoms with Gasteiger partial charge < -0.3 is 5.11 Å². The van der Waals surface area contributed by atoms with Crippen LogP contribution in [0.2, 0.25) is 0 Å². The van der Waals surface area contributed by atoms with Gasteiger partial charge in [-0.1, -0.05) is 12.1 Å². The third kappa shape index (κ3) is 2.03. The summed E-state index contributed by atoms with van der Waals surface area (Å²) < 4.78 is 0. The minimum absolute atomic E-state index is 0.0391. The summed E-state index contributed by atoms with van der Waals surface area (Å²) in [4.78, 5) is 9.82. The zero-order valence-electron chi connectivity index (χ0n) is 6.30. The predicted octanol–water partition coefficient (Wildman–Crippen LogP) is 1.14. The Labute approximate surface area is 69.6 Å². The molecular formula is C8H8NO3. The molecule has 4 nitrogen and oxygen atoms in total. The molecule has 1 aromatic rings. The summed E-state index contributed by atoms with van der Waals surface area (Å²) >= 11 is 0. The van der Waals surface area contributed by atoms with Crippen molar-refractivity contribution < 1.29 is 10.0 Å². The first-order valence-corrected chi connectivity index (χ1v) is 3.42. The molecule has 0 aliphatic heterocycles. The van der Waals surface area contributed by atoms with E-state index in [0.717, 1.165) is 0 Å². The number of nitro benzene ring substituents is 1. The second kappa shape index (κ2) is 3.82. The van der Waals surface area contributed by atoms with Gasteiger partial charge in [-0.05, 0) is 5.56 Å². The minimum atomic E-state index is -0.464. The van der Waals surface area contributed by atoms with E-state index in [1.165, 1.54) is 18.6 Å². The molecule has 0 aromatic heterocycles. The van der Waals surface area contributed by atoms with Crippen LogP contribution in [0.5, 0.6) is 0 Å². The van der Waals surface area contributed by atoms with E-state index in [1.807, 2.05) is 0 Å². The Balaban J connectivity index is 2.88. The lowest BCUT2D eigenvalue weighted by atomic mass is 10.1. The van der Waals surface area contributed by atoms with Gasteiger partial charge in [0.2, 0.25) is 0 Å². The first kappa shape index (κ1) is 8.67. The normalized spacial score (nSPS) is 9.75. The van der Waals surface area contributed by atoms with Gasteiger partial charge in [0.1, 0.15) is 0 Å². The van der Waals surface area contributed by atoms with Crippen molar-refractivity contribution in [1.82, 2.24) is 0 Å². The van der Waals surface area contributed by atoms with Crippen molar-refractivity contribution in [2.45, 2.75) is 0 Å². The highest BCUT2D eigenvalue weighted by Gasteiger charge is 2.04. The summed E-state index contributed by atoms with van der Waals surface area (Å²) in [5.74, 6) is 0. The summed E-state index contributed by atoms with van der Waals surface area (Å²) in [5, 5.41) is 18.8. The van der Waals surface area contributed by atoms with E-state index in [-0.39, 0.29) is 12.3 Å². The van der Waals surface area contributed by atoms with E-state index in [2.05, 4.69) is 0 Å². The van der Waals surface area contributed by atoms with E-state index >= 15 is 0 Å². The fraction of sp³-hybridized carbons (Fsp3) is 0.125. The monoisotopic (exact) mass is 166 g/mol. The highest BCUT2D eigenvalue weighted by molar-refractivity contribution is 5.37. The van der Waals surface area contributed by atoms with Crippen LogP contribution in [0.15, 0.2) is 24.3 Å². The Kier molecular flexibility index (Phi) is 2.76. The van der Waals surface area contributed by atoms with Gasteiger partial charge >= 0.3 is 0 Å². The van der Waals surface area contributed by atoms with Crippen molar-refractivity contribution in [3.63, 3.8) is 0 Å². The zero-order valence-corrected chi connectivity index (χ0v) is 6.30. The number of rotatable bonds is 3. The molecule has 0 atom stereocenters. The quantitative estimate of drug-likeness (QED) is 0.541. The van der Waals surface area contributed by atoms with Gasteiger partial charge in [0.15, 0.2) is 0 Å². The van der Waals surface area contributed by atoms with Crippen molar-refractivity contribution in [1.29, 1.82) is 0 Å². The number of aliphatic hydroxyl groups is 1. The average Bonchev–Trinajstić information content (AvgIpc) is 2.05. The Morgan fingerprint density at radius 1 is 1.58 bits per heavy atom. The molecule has 4 heteroatoms. The molecule has 0 aliphatic carbocycles. The molecular weight excluding hydrogens is 158 g/mol. The van der Waals surface area contributed by atoms with Gasteiger partial charge in [-0.2, -0.15) is 0 Å². The Hall–Kier alpha value is -1.42. The Bertz CT molecular complexity index is 285. The van der Waals surface area contributed by atoms with E-state index in [0.29, 0.717) is 5.56 Å². The van der Waals surface area contributed by atoms with Crippen molar-refractivity contribution in [2.24, 2.45) is 0 Å². The number of nitro groups is 1. The highest BCUT2D eigenvalue weighted by atomic mass is 16.6. The summed E-state index contributed by atoms with van der Waals surface area (Å²) in [5.41, 5.74) is 0.698. The highest BCUT2D eigenvalue weighted by Crippen LogP contribution is 2.13. The second-order valence-electron chi connectivity index (χ2n) is 2.24. The molecule has 0 saturated heterocycles. The van der Waals surface area contributed by atoms with E-state index in [1.54, 1.807) is 12.1 Å². The van der Waals surface area contributed by atoms with Gasteiger partial charge in [-0.15, -0.1) is 0 Å². The molecule has 63 valence electrons. The van der Waals surface area contributed by atoms with Gasteiger partial charge in [0.05, 0.1) is 11.5 Å². The van der Waals surface area contributed by atoms with Crippen LogP contribution in [0, 0.1) is 16.5 Å². The van der Waals surface area contributed by atoms with Gasteiger partial charge in [0, 0.05) is 18.6 Å². The van der Waals surface area contributed by atoms with Crippen LogP contribution in [0.1, 0.15) is 5.56 Å². The minimum Gasteiger partial charge on any atom is -0.396 e. The van der Waals surface area contributed by atoms with Crippen molar-refractivity contribution >= 4 is 5.69 Å². The molecule has 0 saturated carbocycles. The summed E-state index contributed by atoms with van der Waals surface area (Å²) in [6, 6.07) is 6.10. The molecule has 0 heterocycles. The molecule has 1 N–H and O–H groups in total. The molecule has 0 spiro atoms. The van der Waals surface area contributed by atoms with Crippen molar-refractivity contribution in [3.05, 3.63) is 46.4 Å². The van der Waals surface area contributed by atoms with Gasteiger partial charge in [-0.25, -0.2) is 0 Å². The molecule has 0 unspecified atom stereocenters. The van der Waals surface area contributed by atoms with Crippen LogP contribution in [0.25, 0.3) is 0 Å². The molecule has 12 heavy (non-hydrogen) atoms. The molecule has 1 aromatic carbocycles. The zero-order chi connectivity index (χ0) is 8.97. The Morgan fingerprint density at radius 3 is 2.92 bits per heavy atom. The number of nitrogens with zero attached hydrogens (tertiary/aromatic N) is 1. The summed E-state index contributed by atoms with van der Waals surface area (Å²) in [6.45, 7) is -0.110. The van der Waals surface area contributed by atoms with Crippen LogP contribution in [-0.2, 0) is 0 Å². The third-order valence-corrected chi connectivity index (χ3v) is 1.41. The number of benzene rings is 1. The van der Waals surface area contributed by atoms with Crippen molar-refractivity contribution in [2.75, 3.05) is 6.61 Å². The van der Waals surface area contributed by atoms with Gasteiger partial charge in [-0.3, -0.25) is 10.1 Å². The number of non-ortho nitro benzene ring substituents is 1. The lowest BCUT2D eigenvalue weighted by Crippen LogP contribution is -1.91. The van der Waals surface area contributed by atoms with E-state index in [4.69, 9.17) is 5.11 Å². The molecule has 1 rings (SSSR count). The van der Waals surface area contributed by atoms with Crippen LogP contribution in [0.4, 0.5) is 5.69 Å². The lowest BCUT2D eigenvalue weighted by molar-refractivity contribution is -0.384. The fourth-order valence-corrected chi connectivity index (χ4v) is 0.871. The van der Waals surface area contributed by atoms with E-state index in [9.17, 15) is 10.1 Å². The third-order valence-electron chi connectivity index (χ3n) is 1.41. The standard InChI is InChI=1S/C8H8NO3/c10-5-4-7-2-1-3-8(6-7)9(11)12/h1-4,6,10H,5H2. The number of hydrogen-bond acceptors (Lipinski definition) is 3. The van der Waals surface area contributed by atoms with Crippen LogP contribution >= 0.6 is 0 Å². The van der Waals surface area contributed by atoms with Gasteiger partial charge in [0.25, 0.3) is 5.69 Å². The Morgan fingerprint density at radius 2 is 2.33 bits per heavy atom. The lowest BCUT2D eigenvalue weighted by Gasteiger charge is -1.96. The summed E-state index contributed by atoms with van der Waals surface area (Å²) in [6.07, 6.45) is 1.51. The van der Waals surface area contributed by atoms with Crippen LogP contribution in [-0.4, -0.2) is 16.6 Å². The fourth-order valence-electron chi connectivity index (χ4n) is 0.871. The van der Waals surface area contributed by atoms with E-state index < -0.39 is 4.92 Å². The maximum absolute atomic E-state index is 10.3. The topological polar surface area (TPSA) is 63.4 Å². The molecule has 0 fully saturated rings.